The molecule has 1 heterocycles. The summed E-state index contributed by atoms with van der Waals surface area (Å²) in [5.41, 5.74) is 2.32. The molecule has 2 aliphatic rings. The van der Waals surface area contributed by atoms with Gasteiger partial charge in [0.05, 0.1) is 12.6 Å². The van der Waals surface area contributed by atoms with Gasteiger partial charge in [-0.15, -0.1) is 0 Å². The van der Waals surface area contributed by atoms with Crippen LogP contribution in [-0.4, -0.2) is 54.7 Å². The predicted molar refractivity (Wildman–Crippen MR) is 117 cm³/mol. The number of nitrogens with one attached hydrogen (secondary N) is 2. The number of aliphatic hydroxyl groups excluding tert-OH is 1. The predicted octanol–water partition coefficient (Wildman–Crippen LogP) is 3.06. The van der Waals surface area contributed by atoms with E-state index in [1.165, 1.54) is 37.9 Å². The normalized spacial score (nSPS) is 22.3. The van der Waals surface area contributed by atoms with Crippen molar-refractivity contribution >= 4 is 5.96 Å². The Bertz CT molecular complexity index is 646. The van der Waals surface area contributed by atoms with Gasteiger partial charge >= 0.3 is 0 Å². The summed E-state index contributed by atoms with van der Waals surface area (Å²) in [7, 11) is 0. The molecule has 0 bridgehead atoms. The number of likely N-dealkylation sites (tertiary alicyclic amines) is 1. The summed E-state index contributed by atoms with van der Waals surface area (Å²) in [6, 6.07) is 9.12. The molecule has 1 saturated heterocycles. The second-order valence-electron chi connectivity index (χ2n) is 9.37. The molecular weight excluding hydrogens is 348 g/mol. The van der Waals surface area contributed by atoms with Crippen molar-refractivity contribution in [1.82, 2.24) is 15.5 Å². The topological polar surface area (TPSA) is 59.9 Å². The highest BCUT2D eigenvalue weighted by Crippen LogP contribution is 2.31. The SMILES string of the molecule is CCNC(=NCC(O)c1ccc(C(C)(C)C)cc1)NCC1CCN(C2CC2)C1. The van der Waals surface area contributed by atoms with Crippen molar-refractivity contribution in [3.05, 3.63) is 35.4 Å². The molecule has 2 unspecified atom stereocenters. The molecule has 5 heteroatoms. The molecule has 156 valence electrons. The Kier molecular flexibility index (Phi) is 7.00. The summed E-state index contributed by atoms with van der Waals surface area (Å²) >= 11 is 0. The maximum atomic E-state index is 10.5. The molecule has 0 radical (unpaired) electrons. The minimum atomic E-state index is -0.582. The fraction of sp³-hybridized carbons (Fsp3) is 0.696. The van der Waals surface area contributed by atoms with Gasteiger partial charge in [-0.2, -0.15) is 0 Å². The highest BCUT2D eigenvalue weighted by Gasteiger charge is 2.34. The number of benzene rings is 1. The lowest BCUT2D eigenvalue weighted by Gasteiger charge is -2.20. The van der Waals surface area contributed by atoms with Gasteiger partial charge in [0.15, 0.2) is 5.96 Å². The largest absolute Gasteiger partial charge is 0.386 e. The molecule has 1 aliphatic carbocycles. The molecule has 2 atom stereocenters. The summed E-state index contributed by atoms with van der Waals surface area (Å²) in [6.07, 6.45) is 3.46. The van der Waals surface area contributed by atoms with E-state index in [1.54, 1.807) is 0 Å². The number of hydrogen-bond donors (Lipinski definition) is 3. The lowest BCUT2D eigenvalue weighted by atomic mass is 9.86. The van der Waals surface area contributed by atoms with Crippen molar-refractivity contribution in [2.75, 3.05) is 32.7 Å². The van der Waals surface area contributed by atoms with Gasteiger partial charge in [-0.05, 0) is 55.2 Å². The van der Waals surface area contributed by atoms with Crippen molar-refractivity contribution in [2.45, 2.75) is 64.5 Å². The first-order valence-electron chi connectivity index (χ1n) is 10.9. The molecule has 1 aromatic rings. The maximum absolute atomic E-state index is 10.5. The van der Waals surface area contributed by atoms with Gasteiger partial charge in [0.2, 0.25) is 0 Å². The Balaban J connectivity index is 1.50. The van der Waals surface area contributed by atoms with Gasteiger partial charge in [-0.1, -0.05) is 45.0 Å². The Morgan fingerprint density at radius 1 is 1.18 bits per heavy atom. The van der Waals surface area contributed by atoms with Gasteiger partial charge in [0, 0.05) is 25.7 Å². The van der Waals surface area contributed by atoms with Crippen LogP contribution >= 0.6 is 0 Å². The Hall–Kier alpha value is -1.59. The molecule has 3 rings (SSSR count). The van der Waals surface area contributed by atoms with E-state index in [0.717, 1.165) is 30.7 Å². The van der Waals surface area contributed by atoms with Crippen LogP contribution in [0.4, 0.5) is 0 Å². The molecule has 0 aromatic heterocycles. The van der Waals surface area contributed by atoms with Crippen LogP contribution in [0.2, 0.25) is 0 Å². The minimum absolute atomic E-state index is 0.124. The zero-order valence-electron chi connectivity index (χ0n) is 18.0. The molecule has 3 N–H and O–H groups in total. The number of guanidine groups is 1. The standard InChI is InChI=1S/C23H38N4O/c1-5-24-22(25-14-17-12-13-27(16-17)20-10-11-20)26-15-21(28)18-6-8-19(9-7-18)23(2,3)4/h6-9,17,20-21,28H,5,10-16H2,1-4H3,(H2,24,25,26). The first-order valence-corrected chi connectivity index (χ1v) is 10.9. The molecule has 2 fully saturated rings. The summed E-state index contributed by atoms with van der Waals surface area (Å²) in [5.74, 6) is 1.50. The van der Waals surface area contributed by atoms with E-state index < -0.39 is 6.10 Å². The van der Waals surface area contributed by atoms with E-state index in [-0.39, 0.29) is 5.41 Å². The monoisotopic (exact) mass is 386 g/mol. The molecule has 5 nitrogen and oxygen atoms in total. The molecule has 1 aromatic carbocycles. The Morgan fingerprint density at radius 3 is 2.50 bits per heavy atom. The average Bonchev–Trinajstić information content (AvgIpc) is 3.41. The maximum Gasteiger partial charge on any atom is 0.191 e. The van der Waals surface area contributed by atoms with Crippen molar-refractivity contribution in [1.29, 1.82) is 0 Å². The zero-order chi connectivity index (χ0) is 20.1. The first kappa shape index (κ1) is 21.1. The third-order valence-electron chi connectivity index (χ3n) is 5.87. The fourth-order valence-electron chi connectivity index (χ4n) is 3.87. The summed E-state index contributed by atoms with van der Waals surface area (Å²) in [6.45, 7) is 13.3. The number of aliphatic imine (C=N–C) groups is 1. The van der Waals surface area contributed by atoms with Crippen molar-refractivity contribution in [2.24, 2.45) is 10.9 Å². The third kappa shape index (κ3) is 5.95. The van der Waals surface area contributed by atoms with Crippen LogP contribution in [0, 0.1) is 5.92 Å². The number of rotatable bonds is 7. The summed E-state index contributed by atoms with van der Waals surface area (Å²) in [4.78, 5) is 7.26. The Labute approximate surface area is 170 Å². The molecule has 28 heavy (non-hydrogen) atoms. The van der Waals surface area contributed by atoms with Crippen LogP contribution in [0.3, 0.4) is 0 Å². The van der Waals surface area contributed by atoms with Gasteiger partial charge in [-0.3, -0.25) is 4.99 Å². The van der Waals surface area contributed by atoms with E-state index in [4.69, 9.17) is 0 Å². The quantitative estimate of drug-likeness (QED) is 0.498. The molecule has 1 saturated carbocycles. The van der Waals surface area contributed by atoms with Crippen LogP contribution in [0.25, 0.3) is 0 Å². The van der Waals surface area contributed by atoms with Crippen molar-refractivity contribution in [3.8, 4) is 0 Å². The molecule has 1 aliphatic heterocycles. The van der Waals surface area contributed by atoms with Gasteiger partial charge < -0.3 is 20.6 Å². The minimum Gasteiger partial charge on any atom is -0.386 e. The van der Waals surface area contributed by atoms with E-state index in [9.17, 15) is 5.11 Å². The van der Waals surface area contributed by atoms with Gasteiger partial charge in [0.1, 0.15) is 0 Å². The van der Waals surface area contributed by atoms with Crippen molar-refractivity contribution in [3.63, 3.8) is 0 Å². The second-order valence-corrected chi connectivity index (χ2v) is 9.37. The van der Waals surface area contributed by atoms with Crippen LogP contribution in [0.15, 0.2) is 29.3 Å². The summed E-state index contributed by atoms with van der Waals surface area (Å²) in [5, 5.41) is 17.3. The lowest BCUT2D eigenvalue weighted by molar-refractivity contribution is 0.187. The highest BCUT2D eigenvalue weighted by atomic mass is 16.3. The van der Waals surface area contributed by atoms with E-state index in [2.05, 4.69) is 60.4 Å². The highest BCUT2D eigenvalue weighted by molar-refractivity contribution is 5.79. The molecule has 0 amide bonds. The van der Waals surface area contributed by atoms with E-state index >= 15 is 0 Å². The van der Waals surface area contributed by atoms with E-state index in [1.807, 2.05) is 12.1 Å². The van der Waals surface area contributed by atoms with Crippen LogP contribution in [-0.2, 0) is 5.41 Å². The summed E-state index contributed by atoms with van der Waals surface area (Å²) < 4.78 is 0. The number of nitrogens with zero attached hydrogens (tertiary/aromatic N) is 2. The second kappa shape index (κ2) is 9.27. The first-order chi connectivity index (χ1) is 13.4. The number of hydrogen-bond acceptors (Lipinski definition) is 3. The van der Waals surface area contributed by atoms with Crippen LogP contribution in [0.1, 0.15) is 64.2 Å². The number of aliphatic hydroxyl groups is 1. The van der Waals surface area contributed by atoms with Crippen molar-refractivity contribution < 1.29 is 5.11 Å². The average molecular weight is 387 g/mol. The lowest BCUT2D eigenvalue weighted by Crippen LogP contribution is -2.40. The smallest absolute Gasteiger partial charge is 0.191 e. The zero-order valence-corrected chi connectivity index (χ0v) is 18.0. The Morgan fingerprint density at radius 2 is 1.89 bits per heavy atom. The molecule has 0 spiro atoms. The fourth-order valence-corrected chi connectivity index (χ4v) is 3.87. The van der Waals surface area contributed by atoms with E-state index in [0.29, 0.717) is 12.5 Å². The third-order valence-corrected chi connectivity index (χ3v) is 5.87. The van der Waals surface area contributed by atoms with Crippen LogP contribution < -0.4 is 10.6 Å². The van der Waals surface area contributed by atoms with Gasteiger partial charge in [0.25, 0.3) is 0 Å². The van der Waals surface area contributed by atoms with Gasteiger partial charge in [-0.25, -0.2) is 0 Å². The van der Waals surface area contributed by atoms with Crippen LogP contribution in [0.5, 0.6) is 0 Å². The molecular formula is C23H38N4O.